The first-order valence-electron chi connectivity index (χ1n) is 15.4. The number of hydrogen-bond acceptors (Lipinski definition) is 12. The normalized spacial score (nSPS) is 18.8. The van der Waals surface area contributed by atoms with Gasteiger partial charge in [0, 0.05) is 24.5 Å². The number of halogens is 3. The van der Waals surface area contributed by atoms with Gasteiger partial charge >= 0.3 is 13.8 Å². The fraction of sp³-hybridized carbons (Fsp3) is 0.387. The molecule has 14 nitrogen and oxygen atoms in total. The lowest BCUT2D eigenvalue weighted by Gasteiger charge is -2.41. The lowest BCUT2D eigenvalue weighted by molar-refractivity contribution is -0.142. The third kappa shape index (κ3) is 7.54. The second-order valence-corrected chi connectivity index (χ2v) is 13.6. The van der Waals surface area contributed by atoms with E-state index in [1.165, 1.54) is 13.2 Å². The van der Waals surface area contributed by atoms with Crippen molar-refractivity contribution in [2.24, 2.45) is 5.41 Å². The maximum absolute atomic E-state index is 14.2. The Hall–Kier alpha value is -4.57. The van der Waals surface area contributed by atoms with Crippen LogP contribution in [0, 0.1) is 5.41 Å². The van der Waals surface area contributed by atoms with Crippen LogP contribution in [0.3, 0.4) is 0 Å². The summed E-state index contributed by atoms with van der Waals surface area (Å²) in [6, 6.07) is 7.88. The van der Waals surface area contributed by atoms with Crippen molar-refractivity contribution in [1.29, 1.82) is 0 Å². The van der Waals surface area contributed by atoms with Crippen LogP contribution in [0.2, 0.25) is 0 Å². The predicted octanol–water partition coefficient (Wildman–Crippen LogP) is 5.78. The average Bonchev–Trinajstić information content (AvgIpc) is 3.51. The van der Waals surface area contributed by atoms with E-state index in [0.29, 0.717) is 48.5 Å². The molecule has 0 saturated carbocycles. The summed E-state index contributed by atoms with van der Waals surface area (Å²) in [5, 5.41) is 12.7. The average molecular weight is 703 g/mol. The van der Waals surface area contributed by atoms with E-state index >= 15 is 0 Å². The fourth-order valence-electron chi connectivity index (χ4n) is 5.39. The third-order valence-corrected chi connectivity index (χ3v) is 9.75. The molecule has 1 aromatic carbocycles. The van der Waals surface area contributed by atoms with Crippen molar-refractivity contribution in [1.82, 2.24) is 30.0 Å². The predicted molar refractivity (Wildman–Crippen MR) is 172 cm³/mol. The summed E-state index contributed by atoms with van der Waals surface area (Å²) in [5.74, 6) is -1.15. The van der Waals surface area contributed by atoms with Crippen LogP contribution in [0.4, 0.5) is 36.3 Å². The van der Waals surface area contributed by atoms with Crippen molar-refractivity contribution in [3.63, 3.8) is 0 Å². The third-order valence-electron chi connectivity index (χ3n) is 7.82. The molecule has 3 N–H and O–H groups in total. The minimum Gasteiger partial charge on any atom is -0.495 e. The van der Waals surface area contributed by atoms with E-state index in [2.05, 4.69) is 36.0 Å². The molecule has 9 rings (SSSR count). The summed E-state index contributed by atoms with van der Waals surface area (Å²) in [6.45, 7) is 4.93. The van der Waals surface area contributed by atoms with Crippen molar-refractivity contribution in [2.75, 3.05) is 50.7 Å². The van der Waals surface area contributed by atoms with Crippen molar-refractivity contribution in [3.8, 4) is 17.0 Å². The summed E-state index contributed by atoms with van der Waals surface area (Å²) in [4.78, 5) is 25.7. The number of pyridine rings is 1. The number of carbonyl (C=O) groups excluding carboxylic acids is 1. The number of ether oxygens (including phenoxy) is 2. The SMILES string of the molecule is CCNC(=O)c1nc2ccc1Nc1nc(ncc1C(F)(F)F)Nc1ccc(cc1OC)C[P@@](=O)(OCC)OCC1(COC1)Cn1cc-2cn1. The summed E-state index contributed by atoms with van der Waals surface area (Å²) in [5.41, 5.74) is -0.0781. The first-order chi connectivity index (χ1) is 23.4. The molecule has 1 atom stereocenters. The Morgan fingerprint density at radius 1 is 1.10 bits per heavy atom. The molecule has 0 radical (unpaired) electrons. The molecule has 260 valence electrons. The van der Waals surface area contributed by atoms with Gasteiger partial charge in [-0.3, -0.25) is 14.0 Å². The number of benzene rings is 1. The number of hydrogen-bond donors (Lipinski definition) is 3. The zero-order chi connectivity index (χ0) is 34.8. The molecule has 0 aliphatic carbocycles. The van der Waals surface area contributed by atoms with E-state index in [1.54, 1.807) is 55.2 Å². The van der Waals surface area contributed by atoms with Gasteiger partial charge in [-0.1, -0.05) is 6.07 Å². The van der Waals surface area contributed by atoms with E-state index < -0.39 is 36.5 Å². The fourth-order valence-corrected chi connectivity index (χ4v) is 7.15. The Labute approximate surface area is 279 Å². The van der Waals surface area contributed by atoms with Crippen LogP contribution < -0.4 is 20.7 Å². The minimum absolute atomic E-state index is 0.0113. The quantitative estimate of drug-likeness (QED) is 0.215. The van der Waals surface area contributed by atoms with Crippen LogP contribution in [-0.4, -0.2) is 70.7 Å². The number of amides is 1. The number of alkyl halides is 3. The molecule has 1 fully saturated rings. The highest BCUT2D eigenvalue weighted by Gasteiger charge is 2.42. The molecule has 8 heterocycles. The Morgan fingerprint density at radius 3 is 2.59 bits per heavy atom. The first-order valence-corrected chi connectivity index (χ1v) is 17.1. The molecule has 5 aliphatic heterocycles. The first kappa shape index (κ1) is 34.3. The number of carbonyl (C=O) groups is 1. The molecule has 3 aromatic heterocycles. The largest absolute Gasteiger partial charge is 0.495 e. The van der Waals surface area contributed by atoms with E-state index in [0.717, 1.165) is 0 Å². The number of methoxy groups -OCH3 is 1. The van der Waals surface area contributed by atoms with Gasteiger partial charge in [-0.25, -0.2) is 9.97 Å². The standard InChI is InChI=1S/C31H34F3N8O6P/c1-4-35-28(43)26-24-9-8-22(38-26)20-11-37-42(13-20)15-30(16-46-17-30)18-48-49(44,47-5-2)14-19-6-7-23(25(10-19)45-3)40-29-36-12-21(31(32,33)34)27(39-24)41-29/h6-13H,4-5,14-18H2,1-3H3,(H,35,43)(H2,36,39,40,41)/t49-/m1/s1. The highest BCUT2D eigenvalue weighted by molar-refractivity contribution is 7.53. The van der Waals surface area contributed by atoms with Crippen LogP contribution in [0.5, 0.6) is 5.75 Å². The van der Waals surface area contributed by atoms with Crippen LogP contribution in [0.15, 0.2) is 48.9 Å². The summed E-state index contributed by atoms with van der Waals surface area (Å²) < 4.78 is 80.9. The van der Waals surface area contributed by atoms with Crippen molar-refractivity contribution >= 4 is 36.6 Å². The molecular weight excluding hydrogens is 668 g/mol. The van der Waals surface area contributed by atoms with E-state index in [4.69, 9.17) is 18.5 Å². The van der Waals surface area contributed by atoms with Gasteiger partial charge in [0.15, 0.2) is 5.69 Å². The lowest BCUT2D eigenvalue weighted by Crippen LogP contribution is -2.49. The molecule has 8 bridgehead atoms. The Bertz CT molecular complexity index is 1900. The number of aromatic nitrogens is 5. The highest BCUT2D eigenvalue weighted by atomic mass is 31.2. The van der Waals surface area contributed by atoms with Gasteiger partial charge in [-0.2, -0.15) is 23.3 Å². The highest BCUT2D eigenvalue weighted by Crippen LogP contribution is 2.53. The molecule has 1 spiro atoms. The van der Waals surface area contributed by atoms with Crippen molar-refractivity contribution in [3.05, 3.63) is 65.7 Å². The maximum atomic E-state index is 14.2. The Morgan fingerprint density at radius 2 is 1.90 bits per heavy atom. The lowest BCUT2D eigenvalue weighted by atomic mass is 9.87. The summed E-state index contributed by atoms with van der Waals surface area (Å²) in [7, 11) is -2.26. The second-order valence-electron chi connectivity index (χ2n) is 11.6. The molecule has 5 aliphatic rings. The molecule has 49 heavy (non-hydrogen) atoms. The molecule has 4 aromatic rings. The topological polar surface area (TPSA) is 164 Å². The van der Waals surface area contributed by atoms with Crippen molar-refractivity contribution < 1.29 is 41.1 Å². The number of rotatable bonds is 5. The van der Waals surface area contributed by atoms with Crippen LogP contribution >= 0.6 is 7.60 Å². The number of nitrogens with one attached hydrogen (secondary N) is 3. The van der Waals surface area contributed by atoms with E-state index in [1.807, 2.05) is 0 Å². The van der Waals surface area contributed by atoms with Gasteiger partial charge in [-0.15, -0.1) is 0 Å². The zero-order valence-electron chi connectivity index (χ0n) is 26.8. The maximum Gasteiger partial charge on any atom is 0.421 e. The number of anilines is 4. The molecule has 1 saturated heterocycles. The van der Waals surface area contributed by atoms with Crippen LogP contribution in [0.25, 0.3) is 11.3 Å². The van der Waals surface area contributed by atoms with Crippen LogP contribution in [-0.2, 0) is 37.2 Å². The Kier molecular flexibility index (Phi) is 9.62. The van der Waals surface area contributed by atoms with Crippen molar-refractivity contribution in [2.45, 2.75) is 32.7 Å². The summed E-state index contributed by atoms with van der Waals surface area (Å²) >= 11 is 0. The summed E-state index contributed by atoms with van der Waals surface area (Å²) in [6.07, 6.45) is -0.983. The molecule has 1 amide bonds. The molecular formula is C31H34F3N8O6P. The van der Waals surface area contributed by atoms with Gasteiger partial charge in [0.05, 0.1) is 74.9 Å². The Balaban J connectivity index is 1.48. The van der Waals surface area contributed by atoms with Gasteiger partial charge in [0.25, 0.3) is 5.91 Å². The van der Waals surface area contributed by atoms with E-state index in [-0.39, 0.29) is 49.0 Å². The van der Waals surface area contributed by atoms with Crippen LogP contribution in [0.1, 0.15) is 35.5 Å². The second kappa shape index (κ2) is 13.7. The minimum atomic E-state index is -4.83. The monoisotopic (exact) mass is 702 g/mol. The van der Waals surface area contributed by atoms with Gasteiger partial charge in [0.1, 0.15) is 17.1 Å². The van der Waals surface area contributed by atoms with E-state index in [9.17, 15) is 22.5 Å². The zero-order valence-corrected chi connectivity index (χ0v) is 27.7. The molecule has 18 heteroatoms. The smallest absolute Gasteiger partial charge is 0.421 e. The molecule has 0 unspecified atom stereocenters. The van der Waals surface area contributed by atoms with Gasteiger partial charge < -0.3 is 34.5 Å². The number of nitrogens with zero attached hydrogens (tertiary/aromatic N) is 5. The van der Waals surface area contributed by atoms with Gasteiger partial charge in [-0.05, 0) is 43.7 Å². The van der Waals surface area contributed by atoms with Gasteiger partial charge in [0.2, 0.25) is 5.95 Å².